The van der Waals surface area contributed by atoms with Crippen LogP contribution in [0.1, 0.15) is 57.1 Å². The van der Waals surface area contributed by atoms with Crippen molar-refractivity contribution >= 4 is 11.9 Å². The van der Waals surface area contributed by atoms with E-state index in [0.29, 0.717) is 25.4 Å². The molecule has 0 N–H and O–H groups in total. The maximum absolute atomic E-state index is 13.1. The Morgan fingerprint density at radius 2 is 1.61 bits per heavy atom. The van der Waals surface area contributed by atoms with Crippen LogP contribution in [0, 0.1) is 5.92 Å². The van der Waals surface area contributed by atoms with Gasteiger partial charge in [0.1, 0.15) is 0 Å². The Kier molecular flexibility index (Phi) is 8.49. The molecule has 6 nitrogen and oxygen atoms in total. The van der Waals surface area contributed by atoms with Crippen LogP contribution in [0.4, 0.5) is 19.1 Å². The largest absolute Gasteiger partial charge is 0.419 e. The van der Waals surface area contributed by atoms with Crippen molar-refractivity contribution in [2.45, 2.75) is 70.8 Å². The molecule has 2 saturated heterocycles. The third kappa shape index (κ3) is 6.75. The lowest BCUT2D eigenvalue weighted by Gasteiger charge is -2.44. The zero-order valence-corrected chi connectivity index (χ0v) is 21.1. The quantitative estimate of drug-likeness (QED) is 0.532. The number of benzene rings is 1. The molecule has 2 aromatic rings. The van der Waals surface area contributed by atoms with Gasteiger partial charge in [-0.05, 0) is 64.1 Å². The number of halogens is 3. The second-order valence-corrected chi connectivity index (χ2v) is 10.3. The molecule has 2 aliphatic rings. The molecule has 2 atom stereocenters. The van der Waals surface area contributed by atoms with E-state index in [9.17, 15) is 18.0 Å². The Hall–Kier alpha value is -2.68. The van der Waals surface area contributed by atoms with E-state index >= 15 is 0 Å². The van der Waals surface area contributed by atoms with Crippen molar-refractivity contribution in [3.8, 4) is 0 Å². The number of amides is 1. The van der Waals surface area contributed by atoms with E-state index in [1.165, 1.54) is 18.4 Å². The van der Waals surface area contributed by atoms with Gasteiger partial charge in [0.25, 0.3) is 0 Å². The molecule has 36 heavy (non-hydrogen) atoms. The van der Waals surface area contributed by atoms with Crippen LogP contribution in [-0.2, 0) is 17.5 Å². The van der Waals surface area contributed by atoms with Crippen molar-refractivity contribution in [2.75, 3.05) is 31.1 Å². The van der Waals surface area contributed by atoms with Crippen LogP contribution < -0.4 is 4.90 Å². The topological polar surface area (TPSA) is 52.6 Å². The van der Waals surface area contributed by atoms with Crippen LogP contribution in [0.3, 0.4) is 0 Å². The Bertz CT molecular complexity index is 965. The van der Waals surface area contributed by atoms with Crippen molar-refractivity contribution in [1.82, 2.24) is 19.8 Å². The summed E-state index contributed by atoms with van der Waals surface area (Å²) in [6.07, 6.45) is 2.05. The third-order valence-electron chi connectivity index (χ3n) is 7.41. The molecule has 9 heteroatoms. The van der Waals surface area contributed by atoms with E-state index in [1.807, 2.05) is 29.7 Å². The number of carbonyl (C=O) groups is 1. The molecule has 0 spiro atoms. The summed E-state index contributed by atoms with van der Waals surface area (Å²) in [6, 6.07) is 10.5. The number of hydrogen-bond donors (Lipinski definition) is 0. The Labute approximate surface area is 211 Å². The first-order chi connectivity index (χ1) is 17.2. The van der Waals surface area contributed by atoms with Gasteiger partial charge in [0, 0.05) is 50.5 Å². The molecule has 1 aromatic carbocycles. The third-order valence-corrected chi connectivity index (χ3v) is 7.41. The summed E-state index contributed by atoms with van der Waals surface area (Å²) in [7, 11) is 0. The van der Waals surface area contributed by atoms with Gasteiger partial charge in [0.05, 0.1) is 5.56 Å². The molecule has 1 amide bonds. The number of carbonyl (C=O) groups excluding carboxylic acids is 1. The number of alkyl halides is 3. The first-order valence-electron chi connectivity index (χ1n) is 12.9. The lowest BCUT2D eigenvalue weighted by molar-refractivity contribution is -0.138. The van der Waals surface area contributed by atoms with Crippen molar-refractivity contribution < 1.29 is 18.0 Å². The first-order valence-corrected chi connectivity index (χ1v) is 12.9. The van der Waals surface area contributed by atoms with Crippen LogP contribution in [0.2, 0.25) is 0 Å². The summed E-state index contributed by atoms with van der Waals surface area (Å²) in [4.78, 5) is 27.2. The Balaban J connectivity index is 1.20. The molecule has 0 unspecified atom stereocenters. The van der Waals surface area contributed by atoms with Gasteiger partial charge < -0.3 is 9.80 Å². The first kappa shape index (κ1) is 26.4. The highest BCUT2D eigenvalue weighted by atomic mass is 19.4. The Morgan fingerprint density at radius 3 is 2.19 bits per heavy atom. The summed E-state index contributed by atoms with van der Waals surface area (Å²) >= 11 is 0. The summed E-state index contributed by atoms with van der Waals surface area (Å²) in [5.74, 6) is 1.10. The molecule has 4 rings (SSSR count). The Morgan fingerprint density at radius 1 is 1.00 bits per heavy atom. The van der Waals surface area contributed by atoms with Gasteiger partial charge in [0.2, 0.25) is 11.9 Å². The van der Waals surface area contributed by atoms with E-state index in [4.69, 9.17) is 0 Å². The minimum atomic E-state index is -4.45. The minimum Gasteiger partial charge on any atom is -0.337 e. The number of anilines is 1. The average molecular weight is 504 g/mol. The number of nitrogens with zero attached hydrogens (tertiary/aromatic N) is 5. The van der Waals surface area contributed by atoms with Crippen molar-refractivity contribution in [1.29, 1.82) is 0 Å². The van der Waals surface area contributed by atoms with Crippen LogP contribution in [0.5, 0.6) is 0 Å². The van der Waals surface area contributed by atoms with Crippen molar-refractivity contribution in [2.24, 2.45) is 5.92 Å². The maximum atomic E-state index is 13.1. The summed E-state index contributed by atoms with van der Waals surface area (Å²) in [5.41, 5.74) is 0.498. The lowest BCUT2D eigenvalue weighted by atomic mass is 9.91. The number of aromatic nitrogens is 2. The highest BCUT2D eigenvalue weighted by molar-refractivity contribution is 5.77. The molecule has 0 saturated carbocycles. The predicted octanol–water partition coefficient (Wildman–Crippen LogP) is 5.00. The molecular weight excluding hydrogens is 467 g/mol. The molecular formula is C27H36F3N5O. The molecule has 3 heterocycles. The molecule has 0 bridgehead atoms. The minimum absolute atomic E-state index is 0.0617. The number of piperidine rings is 1. The maximum Gasteiger partial charge on any atom is 0.419 e. The van der Waals surface area contributed by atoms with Crippen molar-refractivity contribution in [3.63, 3.8) is 0 Å². The number of piperazine rings is 1. The van der Waals surface area contributed by atoms with Gasteiger partial charge in [-0.3, -0.25) is 9.69 Å². The van der Waals surface area contributed by atoms with Crippen LogP contribution >= 0.6 is 0 Å². The van der Waals surface area contributed by atoms with Crippen molar-refractivity contribution in [3.05, 3.63) is 53.9 Å². The molecule has 1 aromatic heterocycles. The molecule has 0 radical (unpaired) electrons. The van der Waals surface area contributed by atoms with Gasteiger partial charge in [-0.2, -0.15) is 13.2 Å². The normalized spacial score (nSPS) is 22.1. The zero-order chi connectivity index (χ0) is 25.7. The molecule has 2 aliphatic heterocycles. The monoisotopic (exact) mass is 503 g/mol. The number of hydrogen-bond acceptors (Lipinski definition) is 5. The van der Waals surface area contributed by atoms with E-state index in [0.717, 1.165) is 44.9 Å². The zero-order valence-electron chi connectivity index (χ0n) is 21.1. The van der Waals surface area contributed by atoms with Gasteiger partial charge >= 0.3 is 6.18 Å². The van der Waals surface area contributed by atoms with Crippen LogP contribution in [0.15, 0.2) is 42.7 Å². The highest BCUT2D eigenvalue weighted by Gasteiger charge is 2.35. The van der Waals surface area contributed by atoms with E-state index in [2.05, 4.69) is 39.1 Å². The molecule has 2 fully saturated rings. The summed E-state index contributed by atoms with van der Waals surface area (Å²) in [6.45, 7) is 8.18. The van der Waals surface area contributed by atoms with Gasteiger partial charge in [0.15, 0.2) is 0 Å². The summed E-state index contributed by atoms with van der Waals surface area (Å²) < 4.78 is 38.4. The van der Waals surface area contributed by atoms with Crippen LogP contribution in [0.25, 0.3) is 0 Å². The van der Waals surface area contributed by atoms with E-state index < -0.39 is 11.7 Å². The number of likely N-dealkylation sites (tertiary alicyclic amines) is 1. The lowest BCUT2D eigenvalue weighted by Crippen LogP contribution is -2.59. The predicted molar refractivity (Wildman–Crippen MR) is 133 cm³/mol. The summed E-state index contributed by atoms with van der Waals surface area (Å²) in [5, 5.41) is 0. The fourth-order valence-corrected chi connectivity index (χ4v) is 5.55. The van der Waals surface area contributed by atoms with Gasteiger partial charge in [-0.15, -0.1) is 0 Å². The van der Waals surface area contributed by atoms with Crippen LogP contribution in [-0.4, -0.2) is 63.9 Å². The second-order valence-electron chi connectivity index (χ2n) is 10.3. The molecule has 196 valence electrons. The SMILES string of the molecule is C[C@@H]1CN(c2ncc(C(F)(F)F)cn2)C[C@@H](C)N1C(=O)CCCC1CCN(Cc2ccccc2)CC1. The highest BCUT2D eigenvalue weighted by Crippen LogP contribution is 2.29. The second kappa shape index (κ2) is 11.6. The fraction of sp³-hybridized carbons (Fsp3) is 0.593. The van der Waals surface area contributed by atoms with Gasteiger partial charge in [-0.1, -0.05) is 30.3 Å². The van der Waals surface area contributed by atoms with E-state index in [-0.39, 0.29) is 23.9 Å². The fourth-order valence-electron chi connectivity index (χ4n) is 5.55. The van der Waals surface area contributed by atoms with Gasteiger partial charge in [-0.25, -0.2) is 9.97 Å². The van der Waals surface area contributed by atoms with E-state index in [1.54, 1.807) is 0 Å². The smallest absolute Gasteiger partial charge is 0.337 e. The molecule has 0 aliphatic carbocycles. The average Bonchev–Trinajstić information content (AvgIpc) is 2.85. The standard InChI is InChI=1S/C27H36F3N5O/c1-20-17-34(26-31-15-24(16-32-26)27(28,29)30)18-21(2)35(20)25(36)10-6-9-22-11-13-33(14-12-22)19-23-7-4-3-5-8-23/h3-5,7-8,15-16,20-22H,6,9-14,17-19H2,1-2H3/t20-,21-/m1/s1. The number of rotatable bonds is 7.